The second-order valence-corrected chi connectivity index (χ2v) is 19.1. The summed E-state index contributed by atoms with van der Waals surface area (Å²) in [5.74, 6) is 4.35. The molecule has 248 valence electrons. The SMILES string of the molecule is C=C(C)[C@@H]1CC[C@]2(CO)CC[C@]3(C)[C@H](CC[C@@H]4[C@@]5(C)CC[C@H](O[C@H]6OC(=O)[C@H]7[C@H](CC[C@@H]7C)C6C)C(C)(C)[C@@H]5CC[C@]43C)[C@@H]12. The van der Waals surface area contributed by atoms with E-state index in [0.29, 0.717) is 64.3 Å². The fourth-order valence-electron chi connectivity index (χ4n) is 14.8. The summed E-state index contributed by atoms with van der Waals surface area (Å²) in [6.07, 6.45) is 14.3. The van der Waals surface area contributed by atoms with Crippen molar-refractivity contribution < 1.29 is 19.4 Å². The molecule has 7 rings (SSSR count). The highest BCUT2D eigenvalue weighted by Gasteiger charge is 2.71. The fraction of sp³-hybridized carbons (Fsp3) is 0.925. The van der Waals surface area contributed by atoms with Gasteiger partial charge in [0.05, 0.1) is 12.0 Å². The van der Waals surface area contributed by atoms with Gasteiger partial charge < -0.3 is 14.6 Å². The van der Waals surface area contributed by atoms with Crippen LogP contribution in [0.25, 0.3) is 0 Å². The smallest absolute Gasteiger partial charge is 0.311 e. The quantitative estimate of drug-likeness (QED) is 0.196. The molecule has 1 saturated heterocycles. The van der Waals surface area contributed by atoms with Crippen LogP contribution in [0.2, 0.25) is 0 Å². The third-order valence-electron chi connectivity index (χ3n) is 17.4. The van der Waals surface area contributed by atoms with Gasteiger partial charge in [-0.3, -0.25) is 4.79 Å². The summed E-state index contributed by atoms with van der Waals surface area (Å²) in [5.41, 5.74) is 2.42. The molecule has 6 aliphatic carbocycles. The van der Waals surface area contributed by atoms with Crippen LogP contribution in [-0.4, -0.2) is 30.1 Å². The maximum Gasteiger partial charge on any atom is 0.311 e. The lowest BCUT2D eigenvalue weighted by Gasteiger charge is -2.73. The lowest BCUT2D eigenvalue weighted by molar-refractivity contribution is -0.282. The molecular weight excluding hydrogens is 544 g/mol. The van der Waals surface area contributed by atoms with Crippen LogP contribution in [0.1, 0.15) is 132 Å². The summed E-state index contributed by atoms with van der Waals surface area (Å²) in [6, 6.07) is 0. The molecule has 0 aromatic carbocycles. The first-order valence-corrected chi connectivity index (χ1v) is 18.8. The van der Waals surface area contributed by atoms with Crippen molar-refractivity contribution in [1.82, 2.24) is 0 Å². The molecular formula is C40H64O4. The van der Waals surface area contributed by atoms with Gasteiger partial charge in [0.25, 0.3) is 0 Å². The van der Waals surface area contributed by atoms with Crippen molar-refractivity contribution in [3.8, 4) is 0 Å². The molecule has 7 fully saturated rings. The third kappa shape index (κ3) is 4.03. The van der Waals surface area contributed by atoms with Crippen LogP contribution < -0.4 is 0 Å². The molecule has 0 aromatic heterocycles. The maximum atomic E-state index is 13.1. The van der Waals surface area contributed by atoms with E-state index in [1.165, 1.54) is 63.4 Å². The van der Waals surface area contributed by atoms with Gasteiger partial charge in [-0.15, -0.1) is 0 Å². The lowest BCUT2D eigenvalue weighted by atomic mass is 9.32. The highest BCUT2D eigenvalue weighted by molar-refractivity contribution is 5.74. The van der Waals surface area contributed by atoms with Crippen LogP contribution in [0.15, 0.2) is 12.2 Å². The standard InChI is InChI=1S/C40H64O4/c1-23(2)26-14-19-40(22-41)21-20-38(8)28(33(26)40)12-13-30-37(7)17-16-31(36(5,6)29(37)15-18-39(30,38)9)43-35-25(4)27-11-10-24(3)32(27)34(42)44-35/h24-33,35,41H,1,10-22H2,2-9H3/t24-,25?,26-,27+,28+,29-,30+,31-,32+,33+,35-,37-,38+,39+,40+/m0/s1. The van der Waals surface area contributed by atoms with E-state index >= 15 is 0 Å². The largest absolute Gasteiger partial charge is 0.435 e. The predicted molar refractivity (Wildman–Crippen MR) is 175 cm³/mol. The van der Waals surface area contributed by atoms with Crippen molar-refractivity contribution in [3.63, 3.8) is 0 Å². The minimum absolute atomic E-state index is 0.00570. The van der Waals surface area contributed by atoms with Gasteiger partial charge in [0.15, 0.2) is 0 Å². The number of hydrogen-bond acceptors (Lipinski definition) is 4. The van der Waals surface area contributed by atoms with E-state index in [-0.39, 0.29) is 34.7 Å². The molecule has 0 bridgehead atoms. The predicted octanol–water partition coefficient (Wildman–Crippen LogP) is 9.20. The van der Waals surface area contributed by atoms with Crippen molar-refractivity contribution >= 4 is 5.97 Å². The van der Waals surface area contributed by atoms with E-state index in [1.54, 1.807) is 0 Å². The molecule has 1 N–H and O–H groups in total. The lowest BCUT2D eigenvalue weighted by Crippen LogP contribution is -2.67. The van der Waals surface area contributed by atoms with Crippen LogP contribution in [0.4, 0.5) is 0 Å². The Kier molecular flexibility index (Phi) is 7.43. The van der Waals surface area contributed by atoms with Crippen molar-refractivity contribution in [1.29, 1.82) is 0 Å². The van der Waals surface area contributed by atoms with Crippen molar-refractivity contribution in [2.75, 3.05) is 6.61 Å². The molecule has 1 unspecified atom stereocenters. The topological polar surface area (TPSA) is 55.8 Å². The van der Waals surface area contributed by atoms with Crippen LogP contribution in [0.3, 0.4) is 0 Å². The highest BCUT2D eigenvalue weighted by atomic mass is 16.7. The average molecular weight is 609 g/mol. The zero-order valence-corrected chi connectivity index (χ0v) is 29.4. The van der Waals surface area contributed by atoms with Crippen LogP contribution >= 0.6 is 0 Å². The van der Waals surface area contributed by atoms with E-state index in [2.05, 4.69) is 62.0 Å². The minimum Gasteiger partial charge on any atom is -0.435 e. The van der Waals surface area contributed by atoms with Crippen molar-refractivity contribution in [3.05, 3.63) is 12.2 Å². The van der Waals surface area contributed by atoms with E-state index in [0.717, 1.165) is 19.3 Å². The van der Waals surface area contributed by atoms with Gasteiger partial charge in [0.1, 0.15) is 0 Å². The molecule has 6 saturated carbocycles. The molecule has 1 heterocycles. The average Bonchev–Trinajstić information content (AvgIpc) is 3.55. The number of hydrogen-bond donors (Lipinski definition) is 1. The van der Waals surface area contributed by atoms with Crippen molar-refractivity contribution in [2.24, 2.45) is 80.3 Å². The number of carbonyl (C=O) groups is 1. The molecule has 4 nitrogen and oxygen atoms in total. The first-order chi connectivity index (χ1) is 20.6. The van der Waals surface area contributed by atoms with E-state index in [1.807, 2.05) is 0 Å². The number of fused-ring (bicyclic) bond motifs is 8. The summed E-state index contributed by atoms with van der Waals surface area (Å²) in [6.45, 7) is 24.6. The number of aliphatic hydroxyl groups is 1. The zero-order chi connectivity index (χ0) is 31.6. The molecule has 0 radical (unpaired) electrons. The molecule has 15 atom stereocenters. The number of cyclic esters (lactones) is 1. The van der Waals surface area contributed by atoms with E-state index < -0.39 is 6.29 Å². The Hall–Kier alpha value is -0.870. The number of ether oxygens (including phenoxy) is 2. The third-order valence-corrected chi connectivity index (χ3v) is 17.4. The maximum absolute atomic E-state index is 13.1. The summed E-state index contributed by atoms with van der Waals surface area (Å²) in [7, 11) is 0. The van der Waals surface area contributed by atoms with E-state index in [4.69, 9.17) is 9.47 Å². The van der Waals surface area contributed by atoms with Gasteiger partial charge in [0.2, 0.25) is 6.29 Å². The molecule has 4 heteroatoms. The van der Waals surface area contributed by atoms with Crippen molar-refractivity contribution in [2.45, 2.75) is 145 Å². The van der Waals surface area contributed by atoms with Gasteiger partial charge in [-0.25, -0.2) is 0 Å². The number of rotatable bonds is 4. The fourth-order valence-corrected chi connectivity index (χ4v) is 14.8. The zero-order valence-electron chi connectivity index (χ0n) is 29.4. The van der Waals surface area contributed by atoms with Crippen LogP contribution in [0, 0.1) is 80.3 Å². The Morgan fingerprint density at radius 3 is 2.34 bits per heavy atom. The van der Waals surface area contributed by atoms with Crippen LogP contribution in [-0.2, 0) is 14.3 Å². The number of carbonyl (C=O) groups excluding carboxylic acids is 1. The normalized spacial score (nSPS) is 56.0. The Morgan fingerprint density at radius 1 is 0.886 bits per heavy atom. The molecule has 0 amide bonds. The second kappa shape index (κ2) is 10.3. The summed E-state index contributed by atoms with van der Waals surface area (Å²) in [4.78, 5) is 13.1. The molecule has 0 aromatic rings. The Morgan fingerprint density at radius 2 is 1.64 bits per heavy atom. The summed E-state index contributed by atoms with van der Waals surface area (Å²) in [5, 5.41) is 10.8. The summed E-state index contributed by atoms with van der Waals surface area (Å²) >= 11 is 0. The first kappa shape index (κ1) is 31.7. The molecule has 7 aliphatic rings. The Bertz CT molecular complexity index is 1180. The molecule has 44 heavy (non-hydrogen) atoms. The van der Waals surface area contributed by atoms with Gasteiger partial charge >= 0.3 is 5.97 Å². The molecule has 0 spiro atoms. The van der Waals surface area contributed by atoms with Gasteiger partial charge in [-0.1, -0.05) is 60.6 Å². The summed E-state index contributed by atoms with van der Waals surface area (Å²) < 4.78 is 13.1. The Labute approximate surface area is 268 Å². The van der Waals surface area contributed by atoms with Crippen LogP contribution in [0.5, 0.6) is 0 Å². The van der Waals surface area contributed by atoms with E-state index in [9.17, 15) is 9.90 Å². The monoisotopic (exact) mass is 608 g/mol. The minimum atomic E-state index is -0.396. The van der Waals surface area contributed by atoms with Gasteiger partial charge in [-0.2, -0.15) is 0 Å². The number of aliphatic hydroxyl groups excluding tert-OH is 1. The first-order valence-electron chi connectivity index (χ1n) is 18.8. The molecule has 1 aliphatic heterocycles. The second-order valence-electron chi connectivity index (χ2n) is 19.1. The number of allylic oxidation sites excluding steroid dienone is 1. The highest BCUT2D eigenvalue weighted by Crippen LogP contribution is 2.77. The van der Waals surface area contributed by atoms with Gasteiger partial charge in [-0.05, 0) is 152 Å². The Balaban J connectivity index is 1.14. The van der Waals surface area contributed by atoms with Gasteiger partial charge in [0, 0.05) is 12.5 Å². The number of esters is 1.